The van der Waals surface area contributed by atoms with E-state index in [2.05, 4.69) is 13.5 Å². The van der Waals surface area contributed by atoms with Crippen LogP contribution in [0.25, 0.3) is 0 Å². The second kappa shape index (κ2) is 6.44. The van der Waals surface area contributed by atoms with Crippen LogP contribution in [0.1, 0.15) is 45.4 Å². The fourth-order valence-electron chi connectivity index (χ4n) is 1.78. The first-order valence-corrected chi connectivity index (χ1v) is 5.80. The molecule has 1 heterocycles. The highest BCUT2D eigenvalue weighted by molar-refractivity contribution is 5.91. The van der Waals surface area contributed by atoms with Crippen molar-refractivity contribution < 1.29 is 9.53 Å². The first-order valence-electron chi connectivity index (χ1n) is 5.80. The smallest absolute Gasteiger partial charge is 0.163 e. The van der Waals surface area contributed by atoms with E-state index in [1.807, 2.05) is 0 Å². The minimum Gasteiger partial charge on any atom is -0.490 e. The molecule has 0 aromatic rings. The molecule has 1 rings (SSSR count). The Hall–Kier alpha value is -1.05. The third kappa shape index (κ3) is 4.32. The third-order valence-electron chi connectivity index (χ3n) is 2.62. The molecule has 0 aromatic carbocycles. The lowest BCUT2D eigenvalue weighted by Crippen LogP contribution is -2.21. The maximum atomic E-state index is 11.3. The number of rotatable bonds is 6. The largest absolute Gasteiger partial charge is 0.490 e. The summed E-state index contributed by atoms with van der Waals surface area (Å²) in [5.41, 5.74) is 0. The first-order chi connectivity index (χ1) is 7.26. The van der Waals surface area contributed by atoms with Crippen LogP contribution < -0.4 is 0 Å². The molecule has 1 atom stereocenters. The predicted octanol–water partition coefficient (Wildman–Crippen LogP) is 3.38. The highest BCUT2D eigenvalue weighted by Gasteiger charge is 2.19. The molecule has 2 heteroatoms. The molecule has 0 radical (unpaired) electrons. The molecule has 2 nitrogen and oxygen atoms in total. The number of ether oxygens (including phenoxy) is 1. The van der Waals surface area contributed by atoms with Crippen molar-refractivity contribution in [2.75, 3.05) is 0 Å². The second-order valence-electron chi connectivity index (χ2n) is 4.01. The SMILES string of the molecule is C=CC1=CC(=O)CC(CCCCCC)O1. The highest BCUT2D eigenvalue weighted by atomic mass is 16.5. The van der Waals surface area contributed by atoms with Crippen LogP contribution >= 0.6 is 0 Å². The van der Waals surface area contributed by atoms with Crippen molar-refractivity contribution in [3.8, 4) is 0 Å². The third-order valence-corrected chi connectivity index (χ3v) is 2.62. The Kier molecular flexibility index (Phi) is 5.16. The highest BCUT2D eigenvalue weighted by Crippen LogP contribution is 2.20. The lowest BCUT2D eigenvalue weighted by Gasteiger charge is -2.22. The van der Waals surface area contributed by atoms with E-state index in [9.17, 15) is 4.79 Å². The van der Waals surface area contributed by atoms with Gasteiger partial charge < -0.3 is 4.74 Å². The minimum atomic E-state index is 0.0763. The van der Waals surface area contributed by atoms with Crippen LogP contribution in [0.15, 0.2) is 24.5 Å². The Bertz CT molecular complexity index is 253. The van der Waals surface area contributed by atoms with Gasteiger partial charge in [0.25, 0.3) is 0 Å². The Morgan fingerprint density at radius 3 is 3.00 bits per heavy atom. The van der Waals surface area contributed by atoms with E-state index in [1.165, 1.54) is 25.3 Å². The molecule has 1 aliphatic heterocycles. The van der Waals surface area contributed by atoms with Crippen LogP contribution in [-0.2, 0) is 9.53 Å². The standard InChI is InChI=1S/C13H20O2/c1-3-5-6-7-8-13-10-11(14)9-12(4-2)15-13/h4,9,13H,2-3,5-8,10H2,1H3. The van der Waals surface area contributed by atoms with Gasteiger partial charge in [-0.15, -0.1) is 0 Å². The molecule has 0 bridgehead atoms. The maximum absolute atomic E-state index is 11.3. The van der Waals surface area contributed by atoms with Crippen LogP contribution in [0, 0.1) is 0 Å². The number of allylic oxidation sites excluding steroid dienone is 2. The van der Waals surface area contributed by atoms with Gasteiger partial charge in [-0.05, 0) is 18.9 Å². The van der Waals surface area contributed by atoms with Gasteiger partial charge in [0.1, 0.15) is 11.9 Å². The number of carbonyl (C=O) groups is 1. The van der Waals surface area contributed by atoms with Gasteiger partial charge >= 0.3 is 0 Å². The van der Waals surface area contributed by atoms with Crippen LogP contribution in [0.4, 0.5) is 0 Å². The fourth-order valence-corrected chi connectivity index (χ4v) is 1.78. The Balaban J connectivity index is 2.29. The molecule has 0 saturated heterocycles. The lowest BCUT2D eigenvalue weighted by molar-refractivity contribution is -0.118. The van der Waals surface area contributed by atoms with E-state index in [-0.39, 0.29) is 11.9 Å². The average Bonchev–Trinajstić information content (AvgIpc) is 2.23. The summed E-state index contributed by atoms with van der Waals surface area (Å²) in [7, 11) is 0. The Morgan fingerprint density at radius 1 is 1.53 bits per heavy atom. The number of carbonyl (C=O) groups excluding carboxylic acids is 1. The zero-order valence-electron chi connectivity index (χ0n) is 9.50. The van der Waals surface area contributed by atoms with Gasteiger partial charge in [-0.25, -0.2) is 0 Å². The molecule has 0 fully saturated rings. The topological polar surface area (TPSA) is 26.3 Å². The van der Waals surface area contributed by atoms with E-state index < -0.39 is 0 Å². The van der Waals surface area contributed by atoms with Crippen molar-refractivity contribution in [3.63, 3.8) is 0 Å². The van der Waals surface area contributed by atoms with E-state index in [4.69, 9.17) is 4.74 Å². The zero-order chi connectivity index (χ0) is 11.1. The van der Waals surface area contributed by atoms with Crippen molar-refractivity contribution in [1.29, 1.82) is 0 Å². The van der Waals surface area contributed by atoms with Gasteiger partial charge in [0.05, 0.1) is 0 Å². The van der Waals surface area contributed by atoms with E-state index in [1.54, 1.807) is 6.08 Å². The molecule has 1 unspecified atom stereocenters. The molecule has 0 saturated carbocycles. The molecule has 1 aliphatic rings. The lowest BCUT2D eigenvalue weighted by atomic mass is 10.0. The minimum absolute atomic E-state index is 0.0763. The summed E-state index contributed by atoms with van der Waals surface area (Å²) in [6, 6.07) is 0. The van der Waals surface area contributed by atoms with Gasteiger partial charge in [0.2, 0.25) is 0 Å². The van der Waals surface area contributed by atoms with Crippen LogP contribution in [0.5, 0.6) is 0 Å². The van der Waals surface area contributed by atoms with Crippen molar-refractivity contribution in [2.45, 2.75) is 51.6 Å². The fraction of sp³-hybridized carbons (Fsp3) is 0.615. The summed E-state index contributed by atoms with van der Waals surface area (Å²) in [6.45, 7) is 5.81. The normalized spacial score (nSPS) is 20.7. The quantitative estimate of drug-likeness (QED) is 0.625. The molecule has 15 heavy (non-hydrogen) atoms. The summed E-state index contributed by atoms with van der Waals surface area (Å²) in [5, 5.41) is 0. The van der Waals surface area contributed by atoms with E-state index in [0.29, 0.717) is 12.2 Å². The molecular weight excluding hydrogens is 188 g/mol. The molecule has 0 aliphatic carbocycles. The van der Waals surface area contributed by atoms with Gasteiger partial charge in [-0.1, -0.05) is 32.8 Å². The Labute approximate surface area is 92.0 Å². The zero-order valence-corrected chi connectivity index (χ0v) is 9.50. The predicted molar refractivity (Wildman–Crippen MR) is 61.5 cm³/mol. The molecular formula is C13H20O2. The molecule has 84 valence electrons. The summed E-state index contributed by atoms with van der Waals surface area (Å²) in [6.07, 6.45) is 9.62. The van der Waals surface area contributed by atoms with E-state index in [0.717, 1.165) is 12.8 Å². The number of ketones is 1. The number of hydrogen-bond donors (Lipinski definition) is 0. The summed E-state index contributed by atoms with van der Waals surface area (Å²) in [5.74, 6) is 0.795. The monoisotopic (exact) mass is 208 g/mol. The number of unbranched alkanes of at least 4 members (excludes halogenated alkanes) is 3. The molecule has 0 N–H and O–H groups in total. The molecule has 0 amide bonds. The molecule has 0 spiro atoms. The molecule has 0 aromatic heterocycles. The summed E-state index contributed by atoms with van der Waals surface area (Å²) in [4.78, 5) is 11.3. The van der Waals surface area contributed by atoms with Gasteiger partial charge in [-0.2, -0.15) is 0 Å². The van der Waals surface area contributed by atoms with Gasteiger partial charge in [-0.3, -0.25) is 4.79 Å². The van der Waals surface area contributed by atoms with Crippen LogP contribution in [0.2, 0.25) is 0 Å². The first kappa shape index (κ1) is 12.0. The average molecular weight is 208 g/mol. The van der Waals surface area contributed by atoms with Crippen LogP contribution in [-0.4, -0.2) is 11.9 Å². The van der Waals surface area contributed by atoms with Gasteiger partial charge in [0, 0.05) is 12.5 Å². The van der Waals surface area contributed by atoms with E-state index >= 15 is 0 Å². The van der Waals surface area contributed by atoms with Crippen molar-refractivity contribution >= 4 is 5.78 Å². The van der Waals surface area contributed by atoms with Gasteiger partial charge in [0.15, 0.2) is 5.78 Å². The van der Waals surface area contributed by atoms with Crippen molar-refractivity contribution in [3.05, 3.63) is 24.5 Å². The maximum Gasteiger partial charge on any atom is 0.163 e. The summed E-state index contributed by atoms with van der Waals surface area (Å²) >= 11 is 0. The second-order valence-corrected chi connectivity index (χ2v) is 4.01. The van der Waals surface area contributed by atoms with Crippen molar-refractivity contribution in [1.82, 2.24) is 0 Å². The number of hydrogen-bond acceptors (Lipinski definition) is 2. The van der Waals surface area contributed by atoms with Crippen LogP contribution in [0.3, 0.4) is 0 Å². The van der Waals surface area contributed by atoms with Crippen molar-refractivity contribution in [2.24, 2.45) is 0 Å². The Morgan fingerprint density at radius 2 is 2.33 bits per heavy atom. The summed E-state index contributed by atoms with van der Waals surface area (Å²) < 4.78 is 5.61.